The number of nitrogens with zero attached hydrogens (tertiary/aromatic N) is 3. The predicted molar refractivity (Wildman–Crippen MR) is 97.6 cm³/mol. The molecule has 0 aliphatic carbocycles. The summed E-state index contributed by atoms with van der Waals surface area (Å²) < 4.78 is 0. The van der Waals surface area contributed by atoms with Crippen molar-refractivity contribution in [3.05, 3.63) is 65.5 Å². The summed E-state index contributed by atoms with van der Waals surface area (Å²) in [5, 5.41) is 11.8. The van der Waals surface area contributed by atoms with Gasteiger partial charge in [-0.25, -0.2) is 4.98 Å². The first kappa shape index (κ1) is 14.4. The Kier molecular flexibility index (Phi) is 3.27. The standard InChI is InChI=1S/C19H17N5/c1-11-2-4-13-9-15(23-18(20)17(13)6-11)8-12-3-5-16-14(7-12)10-22-24-19(16)21/h2-7,9-10H,8H2,1H3,(H2,20,23)(H2,21,24). The van der Waals surface area contributed by atoms with Crippen LogP contribution in [0.5, 0.6) is 0 Å². The van der Waals surface area contributed by atoms with Gasteiger partial charge in [-0.05, 0) is 36.1 Å². The van der Waals surface area contributed by atoms with E-state index >= 15 is 0 Å². The molecule has 0 radical (unpaired) electrons. The molecule has 0 saturated heterocycles. The molecule has 0 bridgehead atoms. The number of hydrogen-bond acceptors (Lipinski definition) is 5. The Labute approximate surface area is 139 Å². The minimum absolute atomic E-state index is 0.447. The molecule has 0 spiro atoms. The van der Waals surface area contributed by atoms with E-state index in [4.69, 9.17) is 11.5 Å². The molecular weight excluding hydrogens is 298 g/mol. The number of nitrogens with two attached hydrogens (primary N) is 2. The SMILES string of the molecule is Cc1ccc2cc(Cc3ccc4c(N)nncc4c3)nc(N)c2c1. The molecule has 0 amide bonds. The largest absolute Gasteiger partial charge is 0.383 e. The van der Waals surface area contributed by atoms with E-state index < -0.39 is 0 Å². The molecule has 2 aromatic carbocycles. The smallest absolute Gasteiger partial charge is 0.153 e. The summed E-state index contributed by atoms with van der Waals surface area (Å²) >= 11 is 0. The third-order valence-electron chi connectivity index (χ3n) is 4.21. The fraction of sp³-hybridized carbons (Fsp3) is 0.105. The van der Waals surface area contributed by atoms with Crippen LogP contribution < -0.4 is 11.5 Å². The van der Waals surface area contributed by atoms with E-state index in [2.05, 4.69) is 52.4 Å². The Morgan fingerprint density at radius 2 is 1.75 bits per heavy atom. The van der Waals surface area contributed by atoms with E-state index in [0.717, 1.165) is 32.8 Å². The van der Waals surface area contributed by atoms with E-state index in [-0.39, 0.29) is 0 Å². The van der Waals surface area contributed by atoms with Crippen LogP contribution in [0, 0.1) is 6.92 Å². The first-order chi connectivity index (χ1) is 11.6. The Bertz CT molecular complexity index is 1070. The van der Waals surface area contributed by atoms with E-state index in [1.165, 1.54) is 5.56 Å². The fourth-order valence-corrected chi connectivity index (χ4v) is 3.01. The second-order valence-corrected chi connectivity index (χ2v) is 6.05. The number of benzene rings is 2. The molecule has 0 unspecified atom stereocenters. The van der Waals surface area contributed by atoms with Gasteiger partial charge in [-0.15, -0.1) is 5.10 Å². The molecule has 5 nitrogen and oxygen atoms in total. The van der Waals surface area contributed by atoms with Gasteiger partial charge in [0.1, 0.15) is 5.82 Å². The van der Waals surface area contributed by atoms with Crippen LogP contribution in [0.25, 0.3) is 21.5 Å². The summed E-state index contributed by atoms with van der Waals surface area (Å²) in [6, 6.07) is 14.4. The summed E-state index contributed by atoms with van der Waals surface area (Å²) in [4.78, 5) is 4.56. The van der Waals surface area contributed by atoms with Gasteiger partial charge >= 0.3 is 0 Å². The van der Waals surface area contributed by atoms with E-state index in [1.807, 2.05) is 12.1 Å². The van der Waals surface area contributed by atoms with Crippen LogP contribution >= 0.6 is 0 Å². The summed E-state index contributed by atoms with van der Waals surface area (Å²) in [7, 11) is 0. The molecule has 0 saturated carbocycles. The molecule has 4 N–H and O–H groups in total. The van der Waals surface area contributed by atoms with Crippen molar-refractivity contribution in [2.75, 3.05) is 11.5 Å². The number of rotatable bonds is 2. The highest BCUT2D eigenvalue weighted by Crippen LogP contribution is 2.24. The molecule has 0 aliphatic heterocycles. The van der Waals surface area contributed by atoms with Crippen LogP contribution in [-0.4, -0.2) is 15.2 Å². The van der Waals surface area contributed by atoms with E-state index in [1.54, 1.807) is 6.20 Å². The number of anilines is 2. The molecule has 0 aliphatic rings. The van der Waals surface area contributed by atoms with Gasteiger partial charge in [0.05, 0.1) is 6.20 Å². The first-order valence-corrected chi connectivity index (χ1v) is 7.76. The van der Waals surface area contributed by atoms with Crippen molar-refractivity contribution in [2.24, 2.45) is 0 Å². The van der Waals surface area contributed by atoms with Crippen molar-refractivity contribution in [1.29, 1.82) is 0 Å². The van der Waals surface area contributed by atoms with Gasteiger partial charge in [0.15, 0.2) is 5.82 Å². The van der Waals surface area contributed by atoms with Gasteiger partial charge in [-0.3, -0.25) is 0 Å². The van der Waals surface area contributed by atoms with E-state index in [9.17, 15) is 0 Å². The van der Waals surface area contributed by atoms with Crippen LogP contribution in [-0.2, 0) is 6.42 Å². The topological polar surface area (TPSA) is 90.7 Å². The van der Waals surface area contributed by atoms with Crippen molar-refractivity contribution in [3.63, 3.8) is 0 Å². The summed E-state index contributed by atoms with van der Waals surface area (Å²) in [6.45, 7) is 2.05. The maximum absolute atomic E-state index is 6.14. The highest BCUT2D eigenvalue weighted by molar-refractivity contribution is 5.92. The number of hydrogen-bond donors (Lipinski definition) is 2. The van der Waals surface area contributed by atoms with Gasteiger partial charge in [0.25, 0.3) is 0 Å². The van der Waals surface area contributed by atoms with Crippen LogP contribution in [0.3, 0.4) is 0 Å². The van der Waals surface area contributed by atoms with Gasteiger partial charge in [-0.1, -0.05) is 29.8 Å². The molecule has 24 heavy (non-hydrogen) atoms. The highest BCUT2D eigenvalue weighted by Gasteiger charge is 2.07. The van der Waals surface area contributed by atoms with Gasteiger partial charge < -0.3 is 11.5 Å². The number of aryl methyl sites for hydroxylation is 1. The predicted octanol–water partition coefficient (Wildman–Crippen LogP) is 3.24. The Morgan fingerprint density at radius 1 is 0.875 bits per heavy atom. The van der Waals surface area contributed by atoms with Gasteiger partial charge in [0, 0.05) is 28.3 Å². The first-order valence-electron chi connectivity index (χ1n) is 7.76. The number of nitrogen functional groups attached to an aromatic ring is 2. The van der Waals surface area contributed by atoms with Crippen molar-refractivity contribution in [1.82, 2.24) is 15.2 Å². The number of fused-ring (bicyclic) bond motifs is 2. The molecule has 4 rings (SSSR count). The normalized spacial score (nSPS) is 11.2. The van der Waals surface area contributed by atoms with Gasteiger partial charge in [0.2, 0.25) is 0 Å². The lowest BCUT2D eigenvalue weighted by Crippen LogP contribution is -1.99. The lowest BCUT2D eigenvalue weighted by molar-refractivity contribution is 1.06. The number of pyridine rings is 1. The minimum Gasteiger partial charge on any atom is -0.383 e. The summed E-state index contributed by atoms with van der Waals surface area (Å²) in [6.07, 6.45) is 2.42. The van der Waals surface area contributed by atoms with Crippen LogP contribution in [0.15, 0.2) is 48.7 Å². The average Bonchev–Trinajstić information content (AvgIpc) is 2.56. The van der Waals surface area contributed by atoms with Crippen LogP contribution in [0.1, 0.15) is 16.8 Å². The molecule has 118 valence electrons. The number of aromatic nitrogens is 3. The fourth-order valence-electron chi connectivity index (χ4n) is 3.01. The molecule has 0 atom stereocenters. The third kappa shape index (κ3) is 2.50. The molecule has 0 fully saturated rings. The highest BCUT2D eigenvalue weighted by atomic mass is 15.1. The Morgan fingerprint density at radius 3 is 2.62 bits per heavy atom. The zero-order chi connectivity index (χ0) is 16.7. The zero-order valence-corrected chi connectivity index (χ0v) is 13.3. The van der Waals surface area contributed by atoms with Crippen molar-refractivity contribution in [2.45, 2.75) is 13.3 Å². The average molecular weight is 315 g/mol. The van der Waals surface area contributed by atoms with Crippen molar-refractivity contribution < 1.29 is 0 Å². The quantitative estimate of drug-likeness (QED) is 0.592. The lowest BCUT2D eigenvalue weighted by atomic mass is 10.0. The van der Waals surface area contributed by atoms with Crippen molar-refractivity contribution in [3.8, 4) is 0 Å². The zero-order valence-electron chi connectivity index (χ0n) is 13.3. The van der Waals surface area contributed by atoms with Gasteiger partial charge in [-0.2, -0.15) is 5.10 Å². The second-order valence-electron chi connectivity index (χ2n) is 6.05. The maximum atomic E-state index is 6.14. The maximum Gasteiger partial charge on any atom is 0.153 e. The molecule has 2 aromatic heterocycles. The molecule has 2 heterocycles. The monoisotopic (exact) mass is 315 g/mol. The molecular formula is C19H17N5. The van der Waals surface area contributed by atoms with Crippen molar-refractivity contribution >= 4 is 33.2 Å². The second kappa shape index (κ2) is 5.45. The van der Waals surface area contributed by atoms with E-state index in [0.29, 0.717) is 18.1 Å². The Hall–Kier alpha value is -3.21. The third-order valence-corrected chi connectivity index (χ3v) is 4.21. The summed E-state index contributed by atoms with van der Waals surface area (Å²) in [5.74, 6) is 1.02. The Balaban J connectivity index is 1.75. The summed E-state index contributed by atoms with van der Waals surface area (Å²) in [5.41, 5.74) is 15.2. The molecule has 5 heteroatoms. The minimum atomic E-state index is 0.447. The lowest BCUT2D eigenvalue weighted by Gasteiger charge is -2.08. The van der Waals surface area contributed by atoms with Crippen LogP contribution in [0.2, 0.25) is 0 Å². The van der Waals surface area contributed by atoms with Crippen LogP contribution in [0.4, 0.5) is 11.6 Å². The molecule has 4 aromatic rings.